The summed E-state index contributed by atoms with van der Waals surface area (Å²) in [6.07, 6.45) is 0. The summed E-state index contributed by atoms with van der Waals surface area (Å²) in [6, 6.07) is 6.60. The Morgan fingerprint density at radius 3 is 2.11 bits per heavy atom. The summed E-state index contributed by atoms with van der Waals surface area (Å²) in [6.45, 7) is 0. The number of nitriles is 1. The molecule has 0 spiro atoms. The van der Waals surface area contributed by atoms with Crippen LogP contribution >= 0.6 is 0 Å². The molecule has 0 radical (unpaired) electrons. The number of benzene rings is 2. The summed E-state index contributed by atoms with van der Waals surface area (Å²) >= 11 is 0. The maximum atomic E-state index is 13.6. The van der Waals surface area contributed by atoms with Gasteiger partial charge in [-0.25, -0.2) is 17.6 Å². The van der Waals surface area contributed by atoms with Crippen molar-refractivity contribution in [2.45, 2.75) is 0 Å². The Morgan fingerprint density at radius 2 is 1.53 bits per heavy atom. The quantitative estimate of drug-likeness (QED) is 0.838. The molecule has 2 rings (SSSR count). The molecule has 0 fully saturated rings. The highest BCUT2D eigenvalue weighted by atomic mass is 19.2. The Morgan fingerprint density at radius 1 is 0.895 bits per heavy atom. The van der Waals surface area contributed by atoms with Gasteiger partial charge in [-0.05, 0) is 24.3 Å². The van der Waals surface area contributed by atoms with Gasteiger partial charge in [0.05, 0.1) is 11.3 Å². The lowest BCUT2D eigenvalue weighted by molar-refractivity contribution is 0.509. The number of nitrogens with zero attached hydrogens (tertiary/aromatic N) is 1. The molecule has 0 bridgehead atoms. The van der Waals surface area contributed by atoms with Crippen molar-refractivity contribution in [3.05, 3.63) is 59.2 Å². The van der Waals surface area contributed by atoms with Crippen molar-refractivity contribution in [2.75, 3.05) is 5.32 Å². The van der Waals surface area contributed by atoms with Crippen LogP contribution in [-0.2, 0) is 0 Å². The van der Waals surface area contributed by atoms with Crippen molar-refractivity contribution in [3.63, 3.8) is 0 Å². The van der Waals surface area contributed by atoms with E-state index in [4.69, 9.17) is 5.26 Å². The van der Waals surface area contributed by atoms with Gasteiger partial charge in [0.1, 0.15) is 23.4 Å². The van der Waals surface area contributed by atoms with Gasteiger partial charge in [0.25, 0.3) is 0 Å². The predicted octanol–water partition coefficient (Wildman–Crippen LogP) is 3.86. The molecule has 0 aliphatic heterocycles. The van der Waals surface area contributed by atoms with E-state index in [-0.39, 0.29) is 0 Å². The predicted molar refractivity (Wildman–Crippen MR) is 60.7 cm³/mol. The van der Waals surface area contributed by atoms with Crippen LogP contribution < -0.4 is 5.32 Å². The van der Waals surface area contributed by atoms with Crippen molar-refractivity contribution >= 4 is 11.4 Å². The molecular formula is C13H6F4N2. The van der Waals surface area contributed by atoms with Gasteiger partial charge in [-0.2, -0.15) is 5.26 Å². The molecule has 96 valence electrons. The molecular weight excluding hydrogens is 260 g/mol. The first kappa shape index (κ1) is 12.9. The van der Waals surface area contributed by atoms with Crippen LogP contribution in [-0.4, -0.2) is 0 Å². The van der Waals surface area contributed by atoms with Gasteiger partial charge < -0.3 is 5.32 Å². The number of para-hydroxylation sites is 1. The van der Waals surface area contributed by atoms with Gasteiger partial charge in [-0.15, -0.1) is 0 Å². The van der Waals surface area contributed by atoms with Crippen molar-refractivity contribution < 1.29 is 17.6 Å². The van der Waals surface area contributed by atoms with Crippen LogP contribution in [0.5, 0.6) is 0 Å². The first-order valence-corrected chi connectivity index (χ1v) is 5.13. The van der Waals surface area contributed by atoms with Crippen LogP contribution in [0.3, 0.4) is 0 Å². The number of hydrogen-bond acceptors (Lipinski definition) is 2. The van der Waals surface area contributed by atoms with E-state index in [2.05, 4.69) is 5.32 Å². The van der Waals surface area contributed by atoms with Crippen LogP contribution in [0, 0.1) is 34.6 Å². The summed E-state index contributed by atoms with van der Waals surface area (Å²) < 4.78 is 53.6. The van der Waals surface area contributed by atoms with E-state index < -0.39 is 40.2 Å². The molecule has 2 aromatic rings. The molecule has 2 aromatic carbocycles. The number of rotatable bonds is 2. The van der Waals surface area contributed by atoms with Gasteiger partial charge >= 0.3 is 0 Å². The van der Waals surface area contributed by atoms with Crippen LogP contribution in [0.2, 0.25) is 0 Å². The van der Waals surface area contributed by atoms with Crippen LogP contribution in [0.25, 0.3) is 0 Å². The second kappa shape index (κ2) is 4.98. The molecule has 0 amide bonds. The Hall–Kier alpha value is -2.55. The van der Waals surface area contributed by atoms with Crippen LogP contribution in [0.4, 0.5) is 28.9 Å². The van der Waals surface area contributed by atoms with Crippen LogP contribution in [0.15, 0.2) is 30.3 Å². The molecule has 0 saturated carbocycles. The van der Waals surface area contributed by atoms with E-state index in [0.29, 0.717) is 0 Å². The van der Waals surface area contributed by atoms with Crippen molar-refractivity contribution in [2.24, 2.45) is 0 Å². The molecule has 0 aliphatic carbocycles. The lowest BCUT2D eigenvalue weighted by Crippen LogP contribution is -2.02. The van der Waals surface area contributed by atoms with Crippen LogP contribution in [0.1, 0.15) is 5.56 Å². The van der Waals surface area contributed by atoms with E-state index in [1.54, 1.807) is 0 Å². The lowest BCUT2D eigenvalue weighted by Gasteiger charge is -2.10. The third-order valence-electron chi connectivity index (χ3n) is 2.43. The monoisotopic (exact) mass is 266 g/mol. The summed E-state index contributed by atoms with van der Waals surface area (Å²) in [7, 11) is 0. The SMILES string of the molecule is N#Cc1ccc(Nc2c(F)cccc2F)c(F)c1F. The fourth-order valence-corrected chi connectivity index (χ4v) is 1.48. The highest BCUT2D eigenvalue weighted by Crippen LogP contribution is 2.27. The summed E-state index contributed by atoms with van der Waals surface area (Å²) in [5.74, 6) is -4.63. The molecule has 0 aromatic heterocycles. The normalized spacial score (nSPS) is 10.1. The first-order valence-electron chi connectivity index (χ1n) is 5.13. The Labute approximate surface area is 105 Å². The largest absolute Gasteiger partial charge is 0.348 e. The molecule has 0 atom stereocenters. The topological polar surface area (TPSA) is 35.8 Å². The van der Waals surface area contributed by atoms with E-state index in [1.807, 2.05) is 0 Å². The average molecular weight is 266 g/mol. The van der Waals surface area contributed by atoms with Crippen molar-refractivity contribution in [1.82, 2.24) is 0 Å². The van der Waals surface area contributed by atoms with Crippen molar-refractivity contribution in [3.8, 4) is 6.07 Å². The highest BCUT2D eigenvalue weighted by Gasteiger charge is 2.16. The smallest absolute Gasteiger partial charge is 0.183 e. The van der Waals surface area contributed by atoms with Gasteiger partial charge in [0.2, 0.25) is 0 Å². The second-order valence-corrected chi connectivity index (χ2v) is 3.62. The zero-order chi connectivity index (χ0) is 14.0. The number of hydrogen-bond donors (Lipinski definition) is 1. The minimum absolute atomic E-state index is 0.458. The zero-order valence-corrected chi connectivity index (χ0v) is 9.35. The third-order valence-corrected chi connectivity index (χ3v) is 2.43. The van der Waals surface area contributed by atoms with E-state index in [9.17, 15) is 17.6 Å². The summed E-state index contributed by atoms with van der Waals surface area (Å²) in [4.78, 5) is 0. The highest BCUT2D eigenvalue weighted by molar-refractivity contribution is 5.62. The number of anilines is 2. The average Bonchev–Trinajstić information content (AvgIpc) is 2.39. The molecule has 0 saturated heterocycles. The van der Waals surface area contributed by atoms with Gasteiger partial charge in [0.15, 0.2) is 11.6 Å². The van der Waals surface area contributed by atoms with Gasteiger partial charge in [-0.1, -0.05) is 6.07 Å². The Kier molecular flexibility index (Phi) is 3.38. The van der Waals surface area contributed by atoms with Gasteiger partial charge in [-0.3, -0.25) is 0 Å². The maximum absolute atomic E-state index is 13.6. The third kappa shape index (κ3) is 2.36. The van der Waals surface area contributed by atoms with Gasteiger partial charge in [0, 0.05) is 0 Å². The lowest BCUT2D eigenvalue weighted by atomic mass is 10.2. The zero-order valence-electron chi connectivity index (χ0n) is 9.35. The van der Waals surface area contributed by atoms with E-state index in [1.165, 1.54) is 6.07 Å². The summed E-state index contributed by atoms with van der Waals surface area (Å²) in [5, 5.41) is 10.6. The Bertz CT molecular complexity index is 657. The van der Waals surface area contributed by atoms with E-state index >= 15 is 0 Å². The molecule has 2 nitrogen and oxygen atoms in total. The first-order chi connectivity index (χ1) is 9.04. The molecule has 6 heteroatoms. The summed E-state index contributed by atoms with van der Waals surface area (Å²) in [5.41, 5.74) is -1.54. The Balaban J connectivity index is 2.46. The number of halogens is 4. The van der Waals surface area contributed by atoms with Crippen molar-refractivity contribution in [1.29, 1.82) is 5.26 Å². The molecule has 19 heavy (non-hydrogen) atoms. The fraction of sp³-hybridized carbons (Fsp3) is 0. The van der Waals surface area contributed by atoms with E-state index in [0.717, 1.165) is 30.3 Å². The molecule has 0 aliphatic rings. The minimum atomic E-state index is -1.37. The number of nitrogens with one attached hydrogen (secondary N) is 1. The fourth-order valence-electron chi connectivity index (χ4n) is 1.48. The maximum Gasteiger partial charge on any atom is 0.183 e. The molecule has 0 heterocycles. The second-order valence-electron chi connectivity index (χ2n) is 3.62. The molecule has 0 unspecified atom stereocenters. The standard InChI is InChI=1S/C13H6F4N2/c14-8-2-1-3-9(15)13(8)19-10-5-4-7(6-18)11(16)12(10)17/h1-5,19H. The molecule has 1 N–H and O–H groups in total. The minimum Gasteiger partial charge on any atom is -0.348 e.